The highest BCUT2D eigenvalue weighted by Gasteiger charge is 1.95. The lowest BCUT2D eigenvalue weighted by Gasteiger charge is -2.24. The molecule has 0 amide bonds. The van der Waals surface area contributed by atoms with Crippen molar-refractivity contribution in [1.29, 1.82) is 0 Å². The fourth-order valence-electron chi connectivity index (χ4n) is 1.31. The lowest BCUT2D eigenvalue weighted by Crippen LogP contribution is -2.10. The van der Waals surface area contributed by atoms with Crippen molar-refractivity contribution in [3.05, 3.63) is 41.5 Å². The summed E-state index contributed by atoms with van der Waals surface area (Å²) in [5.41, 5.74) is 3.50. The van der Waals surface area contributed by atoms with Crippen molar-refractivity contribution in [3.63, 3.8) is 0 Å². The smallest absolute Gasteiger partial charge is 0.229 e. The van der Waals surface area contributed by atoms with Crippen LogP contribution in [0.5, 0.6) is 0 Å². The second-order valence-electron chi connectivity index (χ2n) is 3.61. The van der Waals surface area contributed by atoms with E-state index < -0.39 is 0 Å². The first-order valence-electron chi connectivity index (χ1n) is 4.88. The van der Waals surface area contributed by atoms with Gasteiger partial charge in [-0.05, 0) is 21.0 Å². The van der Waals surface area contributed by atoms with Gasteiger partial charge in [-0.2, -0.15) is 0 Å². The van der Waals surface area contributed by atoms with Gasteiger partial charge < -0.3 is 9.32 Å². The Morgan fingerprint density at radius 2 is 1.87 bits per heavy atom. The summed E-state index contributed by atoms with van der Waals surface area (Å²) in [5, 5.41) is 0. The summed E-state index contributed by atoms with van der Waals surface area (Å²) in [6.07, 6.45) is 4.58. The Balaban J connectivity index is 3.05. The Labute approximate surface area is 91.5 Å². The quantitative estimate of drug-likeness (QED) is 0.417. The van der Waals surface area contributed by atoms with Crippen LogP contribution in [0.15, 0.2) is 30.3 Å². The molecule has 0 atom stereocenters. The van der Waals surface area contributed by atoms with Crippen molar-refractivity contribution < 1.29 is 4.42 Å². The molecule has 0 heterocycles. The summed E-state index contributed by atoms with van der Waals surface area (Å²) in [5.74, 6) is 0. The fraction of sp³-hybridized carbons (Fsp3) is 0.308. The lowest BCUT2D eigenvalue weighted by atomic mass is 10.1. The van der Waals surface area contributed by atoms with E-state index in [1.165, 1.54) is 5.56 Å². The lowest BCUT2D eigenvalue weighted by molar-refractivity contribution is 0.186. The second kappa shape index (κ2) is 5.35. The Morgan fingerprint density at radius 3 is 2.33 bits per heavy atom. The zero-order valence-electron chi connectivity index (χ0n) is 9.74. The minimum atomic E-state index is 1.08. The van der Waals surface area contributed by atoms with Crippen molar-refractivity contribution in [2.75, 3.05) is 21.2 Å². The number of nitrogens with zero attached hydrogens (tertiary/aromatic N) is 1. The van der Waals surface area contributed by atoms with Gasteiger partial charge in [0.05, 0.1) is 0 Å². The average molecular weight is 203 g/mol. The Bertz CT molecular complexity index is 361. The molecule has 0 aromatic heterocycles. The van der Waals surface area contributed by atoms with Gasteiger partial charge in [0.25, 0.3) is 0 Å². The predicted molar refractivity (Wildman–Crippen MR) is 64.5 cm³/mol. The molecule has 0 aliphatic heterocycles. The number of hydrogen-bond donors (Lipinski definition) is 0. The minimum Gasteiger partial charge on any atom is -0.453 e. The number of hydrogen-bond acceptors (Lipinski definition) is 1. The molecule has 0 unspecified atom stereocenters. The van der Waals surface area contributed by atoms with Crippen molar-refractivity contribution in [3.8, 4) is 0 Å². The molecule has 80 valence electrons. The highest BCUT2D eigenvalue weighted by atomic mass is 16.4. The van der Waals surface area contributed by atoms with E-state index in [1.54, 1.807) is 7.11 Å². The third kappa shape index (κ3) is 3.24. The van der Waals surface area contributed by atoms with Gasteiger partial charge in [-0.1, -0.05) is 41.1 Å². The summed E-state index contributed by atoms with van der Waals surface area (Å²) in [4.78, 5) is 2.04. The third-order valence-corrected chi connectivity index (χ3v) is 2.14. The van der Waals surface area contributed by atoms with Crippen LogP contribution in [0.3, 0.4) is 0 Å². The second-order valence-corrected chi connectivity index (χ2v) is 3.61. The van der Waals surface area contributed by atoms with Gasteiger partial charge in [0.1, 0.15) is 0 Å². The van der Waals surface area contributed by atoms with Crippen LogP contribution in [0.4, 0.5) is 0 Å². The SMILES string of the molecule is C[O+]=[C-]/C=C(/c1ccc(C)cc1)N(C)C. The van der Waals surface area contributed by atoms with Crippen LogP contribution in [0, 0.1) is 6.92 Å². The first kappa shape index (κ1) is 11.5. The fourth-order valence-corrected chi connectivity index (χ4v) is 1.31. The molecular weight excluding hydrogens is 186 g/mol. The topological polar surface area (TPSA) is 14.5 Å². The highest BCUT2D eigenvalue weighted by molar-refractivity contribution is 5.81. The van der Waals surface area contributed by atoms with Crippen LogP contribution in [0.25, 0.3) is 5.70 Å². The molecule has 0 aliphatic carbocycles. The average Bonchev–Trinajstić information content (AvgIpc) is 2.21. The maximum Gasteiger partial charge on any atom is 0.229 e. The minimum absolute atomic E-state index is 1.08. The number of allylic oxidation sites excluding steroid dienone is 1. The van der Waals surface area contributed by atoms with E-state index in [0.717, 1.165) is 11.3 Å². The number of benzene rings is 1. The van der Waals surface area contributed by atoms with Crippen LogP contribution in [0.1, 0.15) is 11.1 Å². The van der Waals surface area contributed by atoms with E-state index in [9.17, 15) is 0 Å². The van der Waals surface area contributed by atoms with Gasteiger partial charge in [-0.25, -0.2) is 0 Å². The van der Waals surface area contributed by atoms with E-state index in [4.69, 9.17) is 4.42 Å². The number of rotatable bonds is 3. The first-order chi connectivity index (χ1) is 7.15. The molecule has 0 saturated carbocycles. The molecule has 0 spiro atoms. The van der Waals surface area contributed by atoms with Crippen molar-refractivity contribution in [2.24, 2.45) is 0 Å². The molecule has 0 aliphatic rings. The standard InChI is InChI=1S/C13H17NO/c1-11-5-7-12(8-6-11)13(14(2)3)9-10-15-4/h5-9H,1-4H3/b13-9-. The molecule has 15 heavy (non-hydrogen) atoms. The van der Waals surface area contributed by atoms with Crippen molar-refractivity contribution in [1.82, 2.24) is 4.90 Å². The molecule has 1 rings (SSSR count). The molecule has 0 radical (unpaired) electrons. The summed E-state index contributed by atoms with van der Waals surface area (Å²) in [7, 11) is 5.60. The van der Waals surface area contributed by atoms with Gasteiger partial charge in [0.2, 0.25) is 13.4 Å². The molecule has 1 aromatic carbocycles. The predicted octanol–water partition coefficient (Wildman–Crippen LogP) is 2.17. The van der Waals surface area contributed by atoms with Crippen LogP contribution >= 0.6 is 0 Å². The van der Waals surface area contributed by atoms with Crippen LogP contribution in [-0.4, -0.2) is 32.4 Å². The zero-order valence-corrected chi connectivity index (χ0v) is 9.74. The van der Waals surface area contributed by atoms with Gasteiger partial charge in [-0.3, -0.25) is 0 Å². The molecule has 0 N–H and O–H groups in total. The summed E-state index contributed by atoms with van der Waals surface area (Å²) in [6, 6.07) is 8.38. The Hall–Kier alpha value is -1.57. The van der Waals surface area contributed by atoms with Crippen molar-refractivity contribution in [2.45, 2.75) is 6.92 Å². The molecular formula is C13H17NO. The van der Waals surface area contributed by atoms with E-state index in [0.29, 0.717) is 0 Å². The summed E-state index contributed by atoms with van der Waals surface area (Å²) >= 11 is 0. The van der Waals surface area contributed by atoms with E-state index >= 15 is 0 Å². The van der Waals surface area contributed by atoms with Crippen molar-refractivity contribution >= 4 is 12.0 Å². The van der Waals surface area contributed by atoms with Crippen LogP contribution in [-0.2, 0) is 4.42 Å². The Kier molecular flexibility index (Phi) is 4.10. The van der Waals surface area contributed by atoms with E-state index in [-0.39, 0.29) is 0 Å². The highest BCUT2D eigenvalue weighted by Crippen LogP contribution is 2.16. The van der Waals surface area contributed by atoms with Gasteiger partial charge in [0, 0.05) is 0 Å². The maximum absolute atomic E-state index is 4.81. The van der Waals surface area contributed by atoms with E-state index in [1.807, 2.05) is 25.1 Å². The normalized spacial score (nSPS) is 12.1. The largest absolute Gasteiger partial charge is 0.453 e. The van der Waals surface area contributed by atoms with Crippen LogP contribution in [0.2, 0.25) is 0 Å². The van der Waals surface area contributed by atoms with Gasteiger partial charge in [0.15, 0.2) is 0 Å². The van der Waals surface area contributed by atoms with Crippen LogP contribution < -0.4 is 0 Å². The number of carbonyl (C=O) groups excluding carboxylic acids is 1. The summed E-state index contributed by atoms with van der Waals surface area (Å²) in [6.45, 7) is 2.08. The molecule has 2 nitrogen and oxygen atoms in total. The monoisotopic (exact) mass is 203 g/mol. The zero-order chi connectivity index (χ0) is 11.3. The Morgan fingerprint density at radius 1 is 1.27 bits per heavy atom. The first-order valence-corrected chi connectivity index (χ1v) is 4.88. The van der Waals surface area contributed by atoms with Gasteiger partial charge in [-0.15, -0.1) is 6.08 Å². The third-order valence-electron chi connectivity index (χ3n) is 2.14. The van der Waals surface area contributed by atoms with Gasteiger partial charge >= 0.3 is 0 Å². The molecule has 0 bridgehead atoms. The van der Waals surface area contributed by atoms with E-state index in [2.05, 4.69) is 37.5 Å². The molecule has 0 saturated heterocycles. The molecule has 0 fully saturated rings. The maximum atomic E-state index is 4.81. The molecule has 2 heteroatoms. The summed E-state index contributed by atoms with van der Waals surface area (Å²) < 4.78 is 4.81. The molecule has 1 aromatic rings. The number of aryl methyl sites for hydroxylation is 1.